The maximum Gasteiger partial charge on any atom is 0.238 e. The van der Waals surface area contributed by atoms with E-state index in [1.54, 1.807) is 0 Å². The van der Waals surface area contributed by atoms with Gasteiger partial charge < -0.3 is 20.3 Å². The summed E-state index contributed by atoms with van der Waals surface area (Å²) in [5.74, 6) is 1.52. The molecule has 2 N–H and O–H groups in total. The van der Waals surface area contributed by atoms with Crippen molar-refractivity contribution in [3.63, 3.8) is 0 Å². The Morgan fingerprint density at radius 1 is 0.861 bits per heavy atom. The Balaban J connectivity index is 1.10. The number of fused-ring (bicyclic) bond motifs is 1. The van der Waals surface area contributed by atoms with Gasteiger partial charge in [-0.15, -0.1) is 0 Å². The number of amides is 1. The summed E-state index contributed by atoms with van der Waals surface area (Å²) in [5, 5.41) is 11.8. The second-order valence-corrected chi connectivity index (χ2v) is 9.22. The number of para-hydroxylation sites is 1. The van der Waals surface area contributed by atoms with Crippen molar-refractivity contribution in [2.75, 3.05) is 31.5 Å². The first-order valence-corrected chi connectivity index (χ1v) is 12.7. The molecule has 7 heteroatoms. The van der Waals surface area contributed by atoms with Gasteiger partial charge in [0.1, 0.15) is 11.5 Å². The van der Waals surface area contributed by atoms with Crippen molar-refractivity contribution in [1.82, 2.24) is 20.0 Å². The summed E-state index contributed by atoms with van der Waals surface area (Å²) in [6.07, 6.45) is 5.78. The van der Waals surface area contributed by atoms with Crippen LogP contribution in [0, 0.1) is 0 Å². The van der Waals surface area contributed by atoms with E-state index in [0.29, 0.717) is 6.54 Å². The molecule has 0 bridgehead atoms. The molecule has 0 saturated carbocycles. The minimum absolute atomic E-state index is 0.0763. The molecule has 0 aliphatic carbocycles. The van der Waals surface area contributed by atoms with Gasteiger partial charge in [0.05, 0.1) is 30.5 Å². The topological polar surface area (TPSA) is 71.4 Å². The first-order valence-electron chi connectivity index (χ1n) is 12.7. The Hall–Kier alpha value is -3.68. The number of benzene rings is 3. The van der Waals surface area contributed by atoms with Crippen molar-refractivity contribution in [3.05, 3.63) is 84.6 Å². The number of nitrogens with zero attached hydrogens (tertiary/aromatic N) is 3. The fourth-order valence-electron chi connectivity index (χ4n) is 4.62. The van der Waals surface area contributed by atoms with E-state index in [2.05, 4.69) is 26.7 Å². The van der Waals surface area contributed by atoms with E-state index in [4.69, 9.17) is 4.74 Å². The van der Waals surface area contributed by atoms with Gasteiger partial charge in [-0.1, -0.05) is 42.8 Å². The van der Waals surface area contributed by atoms with E-state index in [-0.39, 0.29) is 12.5 Å². The number of anilines is 1. The molecule has 4 aromatic rings. The fraction of sp³-hybridized carbons (Fsp3) is 0.310. The van der Waals surface area contributed by atoms with Crippen molar-refractivity contribution in [1.29, 1.82) is 0 Å². The lowest BCUT2D eigenvalue weighted by Gasteiger charge is -2.26. The first kappa shape index (κ1) is 24.0. The Morgan fingerprint density at radius 3 is 2.44 bits per heavy atom. The lowest BCUT2D eigenvalue weighted by Crippen LogP contribution is -2.32. The number of nitrogens with one attached hydrogen (secondary N) is 2. The molecule has 1 aliphatic heterocycles. The van der Waals surface area contributed by atoms with Gasteiger partial charge >= 0.3 is 0 Å². The summed E-state index contributed by atoms with van der Waals surface area (Å²) in [4.78, 5) is 15.1. The monoisotopic (exact) mass is 483 g/mol. The number of likely N-dealkylation sites (tertiary alicyclic amines) is 1. The van der Waals surface area contributed by atoms with Crippen LogP contribution < -0.4 is 15.4 Å². The molecule has 2 heterocycles. The first-order chi connectivity index (χ1) is 17.7. The number of ether oxygens (including phenoxy) is 1. The van der Waals surface area contributed by atoms with E-state index in [1.807, 2.05) is 77.6 Å². The molecular weight excluding hydrogens is 450 g/mol. The zero-order chi connectivity index (χ0) is 24.6. The van der Waals surface area contributed by atoms with Crippen molar-refractivity contribution in [2.45, 2.75) is 32.4 Å². The van der Waals surface area contributed by atoms with Gasteiger partial charge in [0.2, 0.25) is 5.91 Å². The summed E-state index contributed by atoms with van der Waals surface area (Å²) >= 11 is 0. The van der Waals surface area contributed by atoms with Gasteiger partial charge in [-0.3, -0.25) is 9.48 Å². The van der Waals surface area contributed by atoms with E-state index >= 15 is 0 Å². The zero-order valence-corrected chi connectivity index (χ0v) is 20.5. The lowest BCUT2D eigenvalue weighted by atomic mass is 10.1. The van der Waals surface area contributed by atoms with Gasteiger partial charge in [-0.2, -0.15) is 5.10 Å². The van der Waals surface area contributed by atoms with Crippen LogP contribution in [0.5, 0.6) is 11.5 Å². The van der Waals surface area contributed by atoms with Crippen LogP contribution in [0.4, 0.5) is 5.69 Å². The summed E-state index contributed by atoms with van der Waals surface area (Å²) < 4.78 is 7.88. The molecule has 36 heavy (non-hydrogen) atoms. The second kappa shape index (κ2) is 11.8. The van der Waals surface area contributed by atoms with Crippen molar-refractivity contribution >= 4 is 22.5 Å². The molecule has 0 radical (unpaired) electrons. The van der Waals surface area contributed by atoms with Crippen LogP contribution in [0.2, 0.25) is 0 Å². The maximum absolute atomic E-state index is 12.6. The van der Waals surface area contributed by atoms with E-state index < -0.39 is 0 Å². The largest absolute Gasteiger partial charge is 0.457 e. The van der Waals surface area contributed by atoms with Crippen LogP contribution >= 0.6 is 0 Å². The predicted octanol–water partition coefficient (Wildman–Crippen LogP) is 5.04. The summed E-state index contributed by atoms with van der Waals surface area (Å²) in [7, 11) is 0. The molecule has 0 atom stereocenters. The van der Waals surface area contributed by atoms with Crippen LogP contribution in [0.3, 0.4) is 0 Å². The summed E-state index contributed by atoms with van der Waals surface area (Å²) in [6, 6.07) is 23.6. The Labute approximate surface area is 212 Å². The fourth-order valence-corrected chi connectivity index (χ4v) is 4.62. The number of aromatic nitrogens is 2. The number of hydrogen-bond donors (Lipinski definition) is 2. The quantitative estimate of drug-likeness (QED) is 0.331. The molecular formula is C29H33N5O2. The standard InChI is InChI=1S/C29H33N5O2/c35-29(22-30-20-23-12-14-25(15-13-23)36-24-8-3-1-4-9-24)32-27-10-7-11-28-26(27)21-31-34(28)19-18-33-16-5-2-6-17-33/h1,3-4,7-15,21,30H,2,5-6,16-20,22H2,(H,32,35). The molecule has 5 rings (SSSR count). The molecule has 1 saturated heterocycles. The van der Waals surface area contributed by atoms with E-state index in [0.717, 1.165) is 46.7 Å². The highest BCUT2D eigenvalue weighted by Crippen LogP contribution is 2.24. The van der Waals surface area contributed by atoms with Gasteiger partial charge in [-0.05, 0) is 67.9 Å². The van der Waals surface area contributed by atoms with Crippen molar-refractivity contribution in [2.24, 2.45) is 0 Å². The van der Waals surface area contributed by atoms with Crippen molar-refractivity contribution in [3.8, 4) is 11.5 Å². The molecule has 0 spiro atoms. The van der Waals surface area contributed by atoms with E-state index in [1.165, 1.54) is 32.4 Å². The minimum Gasteiger partial charge on any atom is -0.457 e. The second-order valence-electron chi connectivity index (χ2n) is 9.22. The van der Waals surface area contributed by atoms with Crippen molar-refractivity contribution < 1.29 is 9.53 Å². The number of rotatable bonds is 10. The number of hydrogen-bond acceptors (Lipinski definition) is 5. The molecule has 1 aliphatic rings. The Morgan fingerprint density at radius 2 is 1.64 bits per heavy atom. The molecule has 1 aromatic heterocycles. The highest BCUT2D eigenvalue weighted by Gasteiger charge is 2.13. The molecule has 186 valence electrons. The third-order valence-electron chi connectivity index (χ3n) is 6.56. The average Bonchev–Trinajstić information content (AvgIpc) is 3.34. The molecule has 3 aromatic carbocycles. The minimum atomic E-state index is -0.0763. The van der Waals surface area contributed by atoms with Gasteiger partial charge in [0.15, 0.2) is 0 Å². The van der Waals surface area contributed by atoms with Crippen LogP contribution in [0.25, 0.3) is 10.9 Å². The van der Waals surface area contributed by atoms with Gasteiger partial charge in [-0.25, -0.2) is 0 Å². The highest BCUT2D eigenvalue weighted by molar-refractivity contribution is 6.01. The lowest BCUT2D eigenvalue weighted by molar-refractivity contribution is -0.115. The zero-order valence-electron chi connectivity index (χ0n) is 20.5. The highest BCUT2D eigenvalue weighted by atomic mass is 16.5. The van der Waals surface area contributed by atoms with Crippen LogP contribution in [0.1, 0.15) is 24.8 Å². The number of carbonyl (C=O) groups excluding carboxylic acids is 1. The maximum atomic E-state index is 12.6. The average molecular weight is 484 g/mol. The van der Waals surface area contributed by atoms with Crippen LogP contribution in [-0.2, 0) is 17.9 Å². The number of carbonyl (C=O) groups is 1. The van der Waals surface area contributed by atoms with Crippen LogP contribution in [0.15, 0.2) is 79.0 Å². The third kappa shape index (κ3) is 6.30. The molecule has 7 nitrogen and oxygen atoms in total. The summed E-state index contributed by atoms with van der Waals surface area (Å²) in [6.45, 7) is 5.05. The Kier molecular flexibility index (Phi) is 7.90. The van der Waals surface area contributed by atoms with Crippen LogP contribution in [-0.4, -0.2) is 46.8 Å². The van der Waals surface area contributed by atoms with E-state index in [9.17, 15) is 4.79 Å². The SMILES string of the molecule is O=C(CNCc1ccc(Oc2ccccc2)cc1)Nc1cccc2c1cnn2CCN1CCCCC1. The molecule has 1 amide bonds. The Bertz CT molecular complexity index is 1260. The number of piperidine rings is 1. The molecule has 1 fully saturated rings. The normalized spacial score (nSPS) is 14.1. The van der Waals surface area contributed by atoms with Gasteiger partial charge in [0, 0.05) is 18.5 Å². The summed E-state index contributed by atoms with van der Waals surface area (Å²) in [5.41, 5.74) is 2.93. The molecule has 0 unspecified atom stereocenters. The smallest absolute Gasteiger partial charge is 0.238 e. The van der Waals surface area contributed by atoms with Gasteiger partial charge in [0.25, 0.3) is 0 Å². The predicted molar refractivity (Wildman–Crippen MR) is 143 cm³/mol. The third-order valence-corrected chi connectivity index (χ3v) is 6.56.